The summed E-state index contributed by atoms with van der Waals surface area (Å²) in [5.74, 6) is 1.18. The number of likely N-dealkylation sites (tertiary alicyclic amines) is 1. The van der Waals surface area contributed by atoms with Gasteiger partial charge in [0.25, 0.3) is 0 Å². The van der Waals surface area contributed by atoms with Crippen molar-refractivity contribution < 1.29 is 9.21 Å². The fourth-order valence-electron chi connectivity index (χ4n) is 2.58. The van der Waals surface area contributed by atoms with Crippen LogP contribution in [0.5, 0.6) is 0 Å². The summed E-state index contributed by atoms with van der Waals surface area (Å²) in [7, 11) is 0. The number of alkyl halides is 1. The molecule has 1 aromatic rings. The normalized spacial score (nSPS) is 20.1. The van der Waals surface area contributed by atoms with Crippen LogP contribution in [0.2, 0.25) is 0 Å². The van der Waals surface area contributed by atoms with Gasteiger partial charge in [-0.1, -0.05) is 15.9 Å². The van der Waals surface area contributed by atoms with E-state index in [0.717, 1.165) is 36.9 Å². The van der Waals surface area contributed by atoms with Crippen molar-refractivity contribution in [2.45, 2.75) is 44.6 Å². The Hall–Kier alpha value is -0.770. The van der Waals surface area contributed by atoms with Crippen molar-refractivity contribution in [3.05, 3.63) is 24.2 Å². The summed E-state index contributed by atoms with van der Waals surface area (Å²) in [6.07, 6.45) is 7.54. The lowest BCUT2D eigenvalue weighted by Gasteiger charge is -2.35. The van der Waals surface area contributed by atoms with E-state index >= 15 is 0 Å². The van der Waals surface area contributed by atoms with Gasteiger partial charge in [0.05, 0.1) is 6.26 Å². The maximum Gasteiger partial charge on any atom is 0.223 e. The Morgan fingerprint density at radius 3 is 3.11 bits per heavy atom. The van der Waals surface area contributed by atoms with Crippen LogP contribution < -0.4 is 0 Å². The minimum atomic E-state index is 0.275. The molecule has 1 fully saturated rings. The summed E-state index contributed by atoms with van der Waals surface area (Å²) in [5, 5.41) is 0.972. The standard InChI is InChI=1S/C14H20BrNO2/c15-9-8-12-4-1-2-10-16(12)14(17)7-6-13-5-3-11-18-13/h3,5,11-12H,1-2,4,6-10H2. The molecule has 0 spiro atoms. The van der Waals surface area contributed by atoms with Gasteiger partial charge < -0.3 is 9.32 Å². The van der Waals surface area contributed by atoms with Gasteiger partial charge in [-0.15, -0.1) is 0 Å². The number of carbonyl (C=O) groups is 1. The van der Waals surface area contributed by atoms with Crippen molar-refractivity contribution >= 4 is 21.8 Å². The first kappa shape index (κ1) is 13.7. The molecule has 2 heterocycles. The zero-order chi connectivity index (χ0) is 12.8. The molecule has 100 valence electrons. The van der Waals surface area contributed by atoms with Gasteiger partial charge in [0, 0.05) is 30.8 Å². The fourth-order valence-corrected chi connectivity index (χ4v) is 3.11. The van der Waals surface area contributed by atoms with E-state index in [1.54, 1.807) is 6.26 Å². The quantitative estimate of drug-likeness (QED) is 0.781. The largest absolute Gasteiger partial charge is 0.469 e. The SMILES string of the molecule is O=C(CCc1ccco1)N1CCCCC1CCBr. The second kappa shape index (κ2) is 6.98. The topological polar surface area (TPSA) is 33.5 Å². The highest BCUT2D eigenvalue weighted by atomic mass is 79.9. The molecule has 2 rings (SSSR count). The number of piperidine rings is 1. The summed E-state index contributed by atoms with van der Waals surface area (Å²) in [6.45, 7) is 0.925. The monoisotopic (exact) mass is 313 g/mol. The van der Waals surface area contributed by atoms with Crippen LogP contribution in [0.25, 0.3) is 0 Å². The van der Waals surface area contributed by atoms with E-state index in [0.29, 0.717) is 18.9 Å². The molecule has 1 atom stereocenters. The lowest BCUT2D eigenvalue weighted by molar-refractivity contribution is -0.134. The summed E-state index contributed by atoms with van der Waals surface area (Å²) in [6, 6.07) is 4.23. The summed E-state index contributed by atoms with van der Waals surface area (Å²) in [5.41, 5.74) is 0. The number of aryl methyl sites for hydroxylation is 1. The molecule has 0 N–H and O–H groups in total. The van der Waals surface area contributed by atoms with E-state index in [1.807, 2.05) is 12.1 Å². The van der Waals surface area contributed by atoms with Crippen molar-refractivity contribution in [3.8, 4) is 0 Å². The number of hydrogen-bond acceptors (Lipinski definition) is 2. The van der Waals surface area contributed by atoms with Crippen molar-refractivity contribution in [3.63, 3.8) is 0 Å². The third-order valence-corrected chi connectivity index (χ3v) is 4.01. The van der Waals surface area contributed by atoms with E-state index in [4.69, 9.17) is 4.42 Å². The molecule has 4 heteroatoms. The Bertz CT molecular complexity index is 362. The van der Waals surface area contributed by atoms with E-state index in [2.05, 4.69) is 20.8 Å². The second-order valence-corrected chi connectivity index (χ2v) is 5.59. The minimum Gasteiger partial charge on any atom is -0.469 e. The van der Waals surface area contributed by atoms with Crippen LogP contribution in [0, 0.1) is 0 Å². The molecular weight excluding hydrogens is 294 g/mol. The average Bonchev–Trinajstić information content (AvgIpc) is 2.90. The molecule has 0 bridgehead atoms. The van der Waals surface area contributed by atoms with E-state index < -0.39 is 0 Å². The number of halogens is 1. The highest BCUT2D eigenvalue weighted by Crippen LogP contribution is 2.21. The van der Waals surface area contributed by atoms with Crippen LogP contribution in [0.3, 0.4) is 0 Å². The summed E-state index contributed by atoms with van der Waals surface area (Å²) < 4.78 is 5.27. The average molecular weight is 314 g/mol. The first-order valence-corrected chi connectivity index (χ1v) is 7.81. The summed E-state index contributed by atoms with van der Waals surface area (Å²) in [4.78, 5) is 14.3. The molecule has 0 radical (unpaired) electrons. The van der Waals surface area contributed by atoms with Gasteiger partial charge in [0.2, 0.25) is 5.91 Å². The number of nitrogens with zero attached hydrogens (tertiary/aromatic N) is 1. The van der Waals surface area contributed by atoms with Gasteiger partial charge in [0.15, 0.2) is 0 Å². The predicted molar refractivity (Wildman–Crippen MR) is 74.8 cm³/mol. The van der Waals surface area contributed by atoms with Crippen molar-refractivity contribution in [1.82, 2.24) is 4.90 Å². The van der Waals surface area contributed by atoms with Crippen LogP contribution in [0.15, 0.2) is 22.8 Å². The van der Waals surface area contributed by atoms with Crippen LogP contribution in [0.1, 0.15) is 37.9 Å². The van der Waals surface area contributed by atoms with Crippen LogP contribution in [0.4, 0.5) is 0 Å². The second-order valence-electron chi connectivity index (χ2n) is 4.79. The number of hydrogen-bond donors (Lipinski definition) is 0. The number of amides is 1. The number of carbonyl (C=O) groups excluding carboxylic acids is 1. The first-order valence-electron chi connectivity index (χ1n) is 6.69. The van der Waals surface area contributed by atoms with Gasteiger partial charge >= 0.3 is 0 Å². The van der Waals surface area contributed by atoms with E-state index in [-0.39, 0.29) is 5.91 Å². The van der Waals surface area contributed by atoms with Crippen molar-refractivity contribution in [2.24, 2.45) is 0 Å². The third kappa shape index (κ3) is 3.61. The van der Waals surface area contributed by atoms with Gasteiger partial charge in [-0.3, -0.25) is 4.79 Å². The molecule has 3 nitrogen and oxygen atoms in total. The highest BCUT2D eigenvalue weighted by Gasteiger charge is 2.25. The molecule has 1 aromatic heterocycles. The lowest BCUT2D eigenvalue weighted by atomic mass is 9.99. The zero-order valence-electron chi connectivity index (χ0n) is 10.6. The zero-order valence-corrected chi connectivity index (χ0v) is 12.2. The van der Waals surface area contributed by atoms with Crippen LogP contribution in [-0.4, -0.2) is 28.7 Å². The van der Waals surface area contributed by atoms with Gasteiger partial charge in [-0.25, -0.2) is 0 Å². The Kier molecular flexibility index (Phi) is 5.29. The Balaban J connectivity index is 1.85. The smallest absolute Gasteiger partial charge is 0.223 e. The Morgan fingerprint density at radius 2 is 2.39 bits per heavy atom. The maximum absolute atomic E-state index is 12.2. The molecule has 18 heavy (non-hydrogen) atoms. The van der Waals surface area contributed by atoms with Crippen LogP contribution in [-0.2, 0) is 11.2 Å². The van der Waals surface area contributed by atoms with Crippen molar-refractivity contribution in [1.29, 1.82) is 0 Å². The van der Waals surface area contributed by atoms with E-state index in [9.17, 15) is 4.79 Å². The number of rotatable bonds is 5. The summed E-state index contributed by atoms with van der Waals surface area (Å²) >= 11 is 3.48. The first-order chi connectivity index (χ1) is 8.81. The molecule has 0 aliphatic carbocycles. The minimum absolute atomic E-state index is 0.275. The molecule has 1 saturated heterocycles. The fraction of sp³-hybridized carbons (Fsp3) is 0.643. The van der Waals surface area contributed by atoms with Gasteiger partial charge in [-0.05, 0) is 37.8 Å². The molecule has 1 amide bonds. The van der Waals surface area contributed by atoms with Gasteiger partial charge in [0.1, 0.15) is 5.76 Å². The van der Waals surface area contributed by atoms with Gasteiger partial charge in [-0.2, -0.15) is 0 Å². The third-order valence-electron chi connectivity index (χ3n) is 3.56. The van der Waals surface area contributed by atoms with E-state index in [1.165, 1.54) is 6.42 Å². The highest BCUT2D eigenvalue weighted by molar-refractivity contribution is 9.09. The molecule has 1 unspecified atom stereocenters. The predicted octanol–water partition coefficient (Wildman–Crippen LogP) is 3.38. The number of furan rings is 1. The Labute approximate surface area is 117 Å². The molecule has 0 saturated carbocycles. The molecule has 1 aliphatic heterocycles. The molecular formula is C14H20BrNO2. The Morgan fingerprint density at radius 1 is 1.50 bits per heavy atom. The maximum atomic E-state index is 12.2. The van der Waals surface area contributed by atoms with Crippen LogP contribution >= 0.6 is 15.9 Å². The molecule has 1 aliphatic rings. The lowest BCUT2D eigenvalue weighted by Crippen LogP contribution is -2.44. The van der Waals surface area contributed by atoms with Crippen molar-refractivity contribution in [2.75, 3.05) is 11.9 Å². The molecule has 0 aromatic carbocycles.